The van der Waals surface area contributed by atoms with Crippen LogP contribution in [0.5, 0.6) is 0 Å². The molecule has 0 saturated heterocycles. The first-order chi connectivity index (χ1) is 6.22. The number of nitrogens with zero attached hydrogens (tertiary/aromatic N) is 2. The Kier molecular flexibility index (Phi) is 3.15. The van der Waals surface area contributed by atoms with Gasteiger partial charge in [0.25, 0.3) is 0 Å². The van der Waals surface area contributed by atoms with E-state index in [-0.39, 0.29) is 12.4 Å². The summed E-state index contributed by atoms with van der Waals surface area (Å²) in [7, 11) is 0. The van der Waals surface area contributed by atoms with E-state index in [1.165, 1.54) is 12.4 Å². The summed E-state index contributed by atoms with van der Waals surface area (Å²) in [6.07, 6.45) is 1.96. The third-order valence-electron chi connectivity index (χ3n) is 1.31. The van der Waals surface area contributed by atoms with Gasteiger partial charge in [-0.2, -0.15) is 0 Å². The Hall–Kier alpha value is -1.69. The zero-order valence-corrected chi connectivity index (χ0v) is 6.77. The summed E-state index contributed by atoms with van der Waals surface area (Å²) in [5.74, 6) is 0.175. The minimum atomic E-state index is -1.18. The zero-order valence-electron chi connectivity index (χ0n) is 6.77. The summed E-state index contributed by atoms with van der Waals surface area (Å²) < 4.78 is 0. The number of hydrogen-bond donors (Lipinski definition) is 3. The molecule has 1 heterocycles. The van der Waals surface area contributed by atoms with Crippen LogP contribution in [0.2, 0.25) is 0 Å². The van der Waals surface area contributed by atoms with Crippen LogP contribution in [0.3, 0.4) is 0 Å². The summed E-state index contributed by atoms with van der Waals surface area (Å²) in [6, 6.07) is 0. The Balaban J connectivity index is 2.64. The van der Waals surface area contributed by atoms with Crippen molar-refractivity contribution in [2.75, 3.05) is 11.9 Å². The van der Waals surface area contributed by atoms with E-state index < -0.39 is 6.09 Å². The molecule has 1 rings (SSSR count). The van der Waals surface area contributed by atoms with Gasteiger partial charge in [-0.1, -0.05) is 0 Å². The molecule has 6 nitrogen and oxygen atoms in total. The van der Waals surface area contributed by atoms with Crippen LogP contribution in [0.1, 0.15) is 5.69 Å². The Morgan fingerprint density at radius 3 is 2.69 bits per heavy atom. The maximum Gasteiger partial charge on any atom is 0.410 e. The lowest BCUT2D eigenvalue weighted by Gasteiger charge is -1.99. The standard InChI is InChI=1S/C7H9N3O3/c11-2-1-5-3-9-6(4-8-5)10-7(12)13/h3-4,11H,1-2H2,(H,9,10)(H,12,13). The number of carbonyl (C=O) groups is 1. The van der Waals surface area contributed by atoms with Gasteiger partial charge in [-0.3, -0.25) is 10.3 Å². The van der Waals surface area contributed by atoms with Crippen molar-refractivity contribution in [3.63, 3.8) is 0 Å². The second-order valence-electron chi connectivity index (χ2n) is 2.30. The molecule has 0 bridgehead atoms. The van der Waals surface area contributed by atoms with E-state index in [4.69, 9.17) is 10.2 Å². The van der Waals surface area contributed by atoms with Crippen molar-refractivity contribution < 1.29 is 15.0 Å². The van der Waals surface area contributed by atoms with Gasteiger partial charge in [0.1, 0.15) is 0 Å². The van der Waals surface area contributed by atoms with E-state index in [1.807, 2.05) is 0 Å². The number of amides is 1. The molecule has 1 aromatic heterocycles. The van der Waals surface area contributed by atoms with Gasteiger partial charge in [0.05, 0.1) is 18.1 Å². The molecule has 1 amide bonds. The number of rotatable bonds is 3. The number of anilines is 1. The SMILES string of the molecule is O=C(O)Nc1cnc(CCO)cn1. The smallest absolute Gasteiger partial charge is 0.410 e. The highest BCUT2D eigenvalue weighted by Crippen LogP contribution is 2.00. The number of aliphatic hydroxyl groups is 1. The van der Waals surface area contributed by atoms with Crippen LogP contribution in [0.15, 0.2) is 12.4 Å². The molecule has 1 aromatic rings. The lowest BCUT2D eigenvalue weighted by molar-refractivity contribution is 0.209. The quantitative estimate of drug-likeness (QED) is 0.617. The Morgan fingerprint density at radius 2 is 2.23 bits per heavy atom. The van der Waals surface area contributed by atoms with Crippen molar-refractivity contribution >= 4 is 11.9 Å². The summed E-state index contributed by atoms with van der Waals surface area (Å²) in [4.78, 5) is 17.8. The van der Waals surface area contributed by atoms with E-state index in [0.717, 1.165) is 0 Å². The average molecular weight is 183 g/mol. The van der Waals surface area contributed by atoms with Crippen LogP contribution in [0.25, 0.3) is 0 Å². The van der Waals surface area contributed by atoms with E-state index in [0.29, 0.717) is 12.1 Å². The summed E-state index contributed by atoms with van der Waals surface area (Å²) >= 11 is 0. The van der Waals surface area contributed by atoms with Gasteiger partial charge in [-0.15, -0.1) is 0 Å². The molecule has 0 aliphatic carbocycles. The number of hydrogen-bond acceptors (Lipinski definition) is 4. The number of carboxylic acid groups (broad SMARTS) is 1. The van der Waals surface area contributed by atoms with Crippen LogP contribution < -0.4 is 5.32 Å². The Labute approximate surface area is 74.3 Å². The van der Waals surface area contributed by atoms with Crippen molar-refractivity contribution in [3.8, 4) is 0 Å². The first-order valence-corrected chi connectivity index (χ1v) is 3.64. The molecule has 0 aliphatic heterocycles. The van der Waals surface area contributed by atoms with Crippen LogP contribution in [-0.4, -0.2) is 32.9 Å². The molecular formula is C7H9N3O3. The summed E-state index contributed by atoms with van der Waals surface area (Å²) in [5.41, 5.74) is 0.624. The van der Waals surface area contributed by atoms with Gasteiger partial charge >= 0.3 is 6.09 Å². The second-order valence-corrected chi connectivity index (χ2v) is 2.30. The van der Waals surface area contributed by atoms with E-state index in [2.05, 4.69) is 15.3 Å². The third-order valence-corrected chi connectivity index (χ3v) is 1.31. The molecule has 0 atom stereocenters. The predicted molar refractivity (Wildman–Crippen MR) is 44.5 cm³/mol. The van der Waals surface area contributed by atoms with Gasteiger partial charge in [-0.05, 0) is 0 Å². The van der Waals surface area contributed by atoms with Crippen molar-refractivity contribution in [3.05, 3.63) is 18.1 Å². The number of aliphatic hydroxyl groups excluding tert-OH is 1. The molecule has 3 N–H and O–H groups in total. The van der Waals surface area contributed by atoms with Crippen LogP contribution in [0, 0.1) is 0 Å². The molecule has 0 fully saturated rings. The van der Waals surface area contributed by atoms with Gasteiger partial charge in [0.2, 0.25) is 0 Å². The van der Waals surface area contributed by atoms with Gasteiger partial charge in [-0.25, -0.2) is 9.78 Å². The van der Waals surface area contributed by atoms with E-state index in [9.17, 15) is 4.79 Å². The lowest BCUT2D eigenvalue weighted by atomic mass is 10.3. The maximum atomic E-state index is 10.2. The monoisotopic (exact) mass is 183 g/mol. The fourth-order valence-corrected chi connectivity index (χ4v) is 0.773. The first-order valence-electron chi connectivity index (χ1n) is 3.64. The molecule has 0 spiro atoms. The molecule has 0 aromatic carbocycles. The van der Waals surface area contributed by atoms with E-state index in [1.54, 1.807) is 0 Å². The highest BCUT2D eigenvalue weighted by molar-refractivity contribution is 5.80. The maximum absolute atomic E-state index is 10.2. The zero-order chi connectivity index (χ0) is 9.68. The third kappa shape index (κ3) is 3.04. The molecular weight excluding hydrogens is 174 g/mol. The molecule has 0 radical (unpaired) electrons. The molecule has 13 heavy (non-hydrogen) atoms. The van der Waals surface area contributed by atoms with Crippen molar-refractivity contribution in [1.29, 1.82) is 0 Å². The topological polar surface area (TPSA) is 95.3 Å². The summed E-state index contributed by atoms with van der Waals surface area (Å²) in [6.45, 7) is 0.000383. The van der Waals surface area contributed by atoms with E-state index >= 15 is 0 Å². The lowest BCUT2D eigenvalue weighted by Crippen LogP contribution is -2.09. The van der Waals surface area contributed by atoms with Crippen molar-refractivity contribution in [2.45, 2.75) is 6.42 Å². The summed E-state index contributed by atoms with van der Waals surface area (Å²) in [5, 5.41) is 18.9. The highest BCUT2D eigenvalue weighted by atomic mass is 16.4. The fraction of sp³-hybridized carbons (Fsp3) is 0.286. The van der Waals surface area contributed by atoms with Gasteiger partial charge in [0.15, 0.2) is 5.82 Å². The normalized spacial score (nSPS) is 9.62. The minimum Gasteiger partial charge on any atom is -0.465 e. The minimum absolute atomic E-state index is 0.000383. The van der Waals surface area contributed by atoms with Crippen LogP contribution in [0.4, 0.5) is 10.6 Å². The highest BCUT2D eigenvalue weighted by Gasteiger charge is 1.99. The molecule has 0 aliphatic rings. The molecule has 0 unspecified atom stereocenters. The first kappa shape index (κ1) is 9.40. The molecule has 6 heteroatoms. The van der Waals surface area contributed by atoms with Crippen molar-refractivity contribution in [1.82, 2.24) is 9.97 Å². The average Bonchev–Trinajstić information content (AvgIpc) is 2.08. The number of nitrogens with one attached hydrogen (secondary N) is 1. The Bertz CT molecular complexity index is 286. The van der Waals surface area contributed by atoms with Gasteiger partial charge < -0.3 is 10.2 Å². The van der Waals surface area contributed by atoms with Crippen molar-refractivity contribution in [2.24, 2.45) is 0 Å². The molecule has 0 saturated carbocycles. The Morgan fingerprint density at radius 1 is 1.46 bits per heavy atom. The van der Waals surface area contributed by atoms with Crippen LogP contribution in [-0.2, 0) is 6.42 Å². The molecule has 70 valence electrons. The van der Waals surface area contributed by atoms with Gasteiger partial charge in [0, 0.05) is 13.0 Å². The fourth-order valence-electron chi connectivity index (χ4n) is 0.773. The second kappa shape index (κ2) is 4.36. The largest absolute Gasteiger partial charge is 0.465 e. The number of aromatic nitrogens is 2. The van der Waals surface area contributed by atoms with Crippen LogP contribution >= 0.6 is 0 Å². The predicted octanol–water partition coefficient (Wildman–Crippen LogP) is 0.101.